The van der Waals surface area contributed by atoms with E-state index in [0.717, 1.165) is 0 Å². The van der Waals surface area contributed by atoms with E-state index in [1.165, 1.54) is 0 Å². The second-order valence-corrected chi connectivity index (χ2v) is 1.62. The molecule has 0 spiro atoms. The Morgan fingerprint density at radius 3 is 1.08 bits per heavy atom. The van der Waals surface area contributed by atoms with Gasteiger partial charge in [-0.15, -0.1) is 8.78 Å². The van der Waals surface area contributed by atoms with E-state index in [1.807, 2.05) is 0 Å². The molecule has 0 aromatic heterocycles. The van der Waals surface area contributed by atoms with Crippen LogP contribution < -0.4 is 0 Å². The fourth-order valence-corrected chi connectivity index (χ4v) is 0.223. The average molecular weight is 205 g/mol. The average Bonchev–Trinajstić information content (AvgIpc) is 1.52. The lowest BCUT2D eigenvalue weighted by Gasteiger charge is -2.15. The van der Waals surface area contributed by atoms with Crippen LogP contribution in [-0.2, 0) is 0 Å². The number of hydrogen-bond acceptors (Lipinski definition) is 0. The molecule has 0 atom stereocenters. The van der Waals surface area contributed by atoms with E-state index < -0.39 is 18.6 Å². The number of aliphatic hydroxyl groups is 2. The normalized spacial score (nSPS) is 15.0. The molecule has 0 aliphatic carbocycles. The van der Waals surface area contributed by atoms with Crippen LogP contribution in [0.4, 0.5) is 35.1 Å². The topological polar surface area (TPSA) is 12.8 Å². The van der Waals surface area contributed by atoms with Crippen LogP contribution in [0.15, 0.2) is 0 Å². The molecule has 0 unspecified atom stereocenters. The van der Waals surface area contributed by atoms with Crippen molar-refractivity contribution in [1.29, 1.82) is 0 Å². The van der Waals surface area contributed by atoms with Crippen molar-refractivity contribution < 1.29 is 39.9 Å². The molecule has 0 heterocycles. The highest BCUT2D eigenvalue weighted by Gasteiger charge is 2.71. The second-order valence-electron chi connectivity index (χ2n) is 1.62. The highest BCUT2D eigenvalue weighted by Crippen LogP contribution is 2.38. The molecule has 1 nitrogen and oxygen atoms in total. The van der Waals surface area contributed by atoms with E-state index in [4.69, 9.17) is 0 Å². The van der Waals surface area contributed by atoms with E-state index in [-0.39, 0.29) is 0 Å². The van der Waals surface area contributed by atoms with Crippen molar-refractivity contribution in [2.75, 3.05) is 0 Å². The van der Waals surface area contributed by atoms with Gasteiger partial charge in [0.05, 0.1) is 0 Å². The zero-order chi connectivity index (χ0) is 10.2. The maximum Gasteiger partial charge on any atom is 0.657 e. The molecular formula is C3HF8O+. The Hall–Kier alpha value is -0.600. The number of halogens is 8. The van der Waals surface area contributed by atoms with Gasteiger partial charge in [0.15, 0.2) is 0 Å². The molecule has 0 aliphatic rings. The molecule has 0 amide bonds. The summed E-state index contributed by atoms with van der Waals surface area (Å²) >= 11 is 0. The van der Waals surface area contributed by atoms with E-state index in [2.05, 4.69) is 0 Å². The van der Waals surface area contributed by atoms with E-state index in [1.54, 1.807) is 0 Å². The molecule has 0 aliphatic heterocycles. The summed E-state index contributed by atoms with van der Waals surface area (Å²) < 4.78 is 89.0. The maximum atomic E-state index is 11.4. The molecule has 12 heavy (non-hydrogen) atoms. The molecule has 0 saturated carbocycles. The summed E-state index contributed by atoms with van der Waals surface area (Å²) in [6.45, 7) is 0. The molecule has 0 bridgehead atoms. The van der Waals surface area contributed by atoms with Gasteiger partial charge >= 0.3 is 18.6 Å². The summed E-state index contributed by atoms with van der Waals surface area (Å²) in [6.07, 6.45) is -18.3. The van der Waals surface area contributed by atoms with E-state index in [9.17, 15) is 35.1 Å². The Bertz CT molecular complexity index is 153. The monoisotopic (exact) mass is 205 g/mol. The van der Waals surface area contributed by atoms with Gasteiger partial charge in [0.1, 0.15) is 0 Å². The third-order valence-corrected chi connectivity index (χ3v) is 0.608. The summed E-state index contributed by atoms with van der Waals surface area (Å²) in [5.41, 5.74) is 0. The Kier molecular flexibility index (Phi) is 2.58. The van der Waals surface area contributed by atoms with Crippen LogP contribution in [0.25, 0.3) is 0 Å². The minimum atomic E-state index is -6.32. The molecule has 0 aromatic rings. The molecule has 9 heteroatoms. The van der Waals surface area contributed by atoms with Gasteiger partial charge in [-0.1, -0.05) is 13.2 Å². The summed E-state index contributed by atoms with van der Waals surface area (Å²) in [7, 11) is 0. The van der Waals surface area contributed by atoms with Crippen LogP contribution in [0.5, 0.6) is 0 Å². The molecule has 0 fully saturated rings. The predicted molar refractivity (Wildman–Crippen MR) is 19.3 cm³/mol. The number of rotatable bonds is 1. The molecule has 0 radical (unpaired) electrons. The first kappa shape index (κ1) is 11.4. The van der Waals surface area contributed by atoms with Gasteiger partial charge in [-0.3, -0.25) is 4.74 Å². The first-order valence-corrected chi connectivity index (χ1v) is 2.21. The third kappa shape index (κ3) is 3.20. The largest absolute Gasteiger partial charge is 0.657 e. The highest BCUT2D eigenvalue weighted by atomic mass is 19.4. The SMILES string of the molecule is FC(F)(F)[OH+]C(F)(F)C(F)(F)F. The molecular weight excluding hydrogens is 204 g/mol. The lowest BCUT2D eigenvalue weighted by atomic mass is 10.6. The summed E-state index contributed by atoms with van der Waals surface area (Å²) in [6, 6.07) is 0. The molecule has 0 aromatic carbocycles. The van der Waals surface area contributed by atoms with Crippen molar-refractivity contribution in [3.05, 3.63) is 0 Å². The summed E-state index contributed by atoms with van der Waals surface area (Å²) in [5.74, 6) is 0. The van der Waals surface area contributed by atoms with E-state index in [0.29, 0.717) is 4.74 Å². The van der Waals surface area contributed by atoms with Crippen molar-refractivity contribution in [2.45, 2.75) is 18.6 Å². The quantitative estimate of drug-likeness (QED) is 0.459. The van der Waals surface area contributed by atoms with Crippen LogP contribution in [-0.4, -0.2) is 23.4 Å². The minimum absolute atomic E-state index is 0.354. The summed E-state index contributed by atoms with van der Waals surface area (Å²) in [5, 5.41) is 0. The predicted octanol–water partition coefficient (Wildman–Crippen LogP) is 2.19. The van der Waals surface area contributed by atoms with Crippen LogP contribution in [0, 0.1) is 0 Å². The zero-order valence-corrected chi connectivity index (χ0v) is 4.97. The van der Waals surface area contributed by atoms with Crippen LogP contribution in [0.3, 0.4) is 0 Å². The van der Waals surface area contributed by atoms with Gasteiger partial charge in [0, 0.05) is 0 Å². The smallest absolute Gasteiger partial charge is 0.280 e. The Morgan fingerprint density at radius 2 is 1.00 bits per heavy atom. The standard InChI is InChI=1S/C3F8O/c4-1(5,6)2(7,8)12-3(9,10)11/p+1. The molecule has 1 N–H and O–H groups in total. The Morgan fingerprint density at radius 1 is 0.667 bits per heavy atom. The fraction of sp³-hybridized carbons (Fsp3) is 1.00. The van der Waals surface area contributed by atoms with Gasteiger partial charge < -0.3 is 0 Å². The molecule has 74 valence electrons. The van der Waals surface area contributed by atoms with Crippen LogP contribution in [0.2, 0.25) is 0 Å². The van der Waals surface area contributed by atoms with Gasteiger partial charge in [-0.25, -0.2) is 0 Å². The zero-order valence-electron chi connectivity index (χ0n) is 4.97. The first-order valence-electron chi connectivity index (χ1n) is 2.21. The van der Waals surface area contributed by atoms with Crippen molar-refractivity contribution in [3.63, 3.8) is 0 Å². The van der Waals surface area contributed by atoms with Crippen molar-refractivity contribution in [1.82, 2.24) is 0 Å². The van der Waals surface area contributed by atoms with E-state index >= 15 is 0 Å². The lowest BCUT2D eigenvalue weighted by Crippen LogP contribution is -2.46. The van der Waals surface area contributed by atoms with Crippen molar-refractivity contribution in [2.24, 2.45) is 0 Å². The van der Waals surface area contributed by atoms with Gasteiger partial charge in [-0.2, -0.15) is 13.2 Å². The number of alkyl halides is 8. The third-order valence-electron chi connectivity index (χ3n) is 0.608. The highest BCUT2D eigenvalue weighted by molar-refractivity contribution is 4.62. The first-order chi connectivity index (χ1) is 4.96. The fourth-order valence-electron chi connectivity index (χ4n) is 0.223. The van der Waals surface area contributed by atoms with Crippen molar-refractivity contribution in [3.8, 4) is 0 Å². The molecule has 0 saturated heterocycles. The minimum Gasteiger partial charge on any atom is -0.280 e. The van der Waals surface area contributed by atoms with Crippen LogP contribution in [0.1, 0.15) is 0 Å². The number of hydrogen-bond donors (Lipinski definition) is 0. The summed E-state index contributed by atoms with van der Waals surface area (Å²) in [4.78, 5) is 0. The second kappa shape index (κ2) is 2.71. The maximum absolute atomic E-state index is 11.4. The van der Waals surface area contributed by atoms with Gasteiger partial charge in [-0.05, 0) is 0 Å². The van der Waals surface area contributed by atoms with Crippen LogP contribution >= 0.6 is 0 Å². The molecule has 0 rings (SSSR count). The van der Waals surface area contributed by atoms with Gasteiger partial charge in [0.2, 0.25) is 0 Å². The lowest BCUT2D eigenvalue weighted by molar-refractivity contribution is -0.555. The Labute approximate surface area is 59.9 Å². The van der Waals surface area contributed by atoms with Crippen molar-refractivity contribution >= 4 is 0 Å². The number of ether oxygens (including phenoxy) is 1. The Balaban J connectivity index is 4.44. The van der Waals surface area contributed by atoms with Gasteiger partial charge in [0.25, 0.3) is 0 Å².